The van der Waals surface area contributed by atoms with Crippen molar-refractivity contribution in [1.29, 1.82) is 0 Å². The first-order valence-electron chi connectivity index (χ1n) is 8.95. The smallest absolute Gasteiger partial charge is 0.266 e. The maximum absolute atomic E-state index is 12.9. The van der Waals surface area contributed by atoms with Gasteiger partial charge in [-0.1, -0.05) is 35.6 Å². The number of hydrogen-bond acceptors (Lipinski definition) is 5. The van der Waals surface area contributed by atoms with E-state index >= 15 is 0 Å². The van der Waals surface area contributed by atoms with Crippen molar-refractivity contribution in [2.75, 3.05) is 38.7 Å². The third-order valence-electron chi connectivity index (χ3n) is 4.22. The van der Waals surface area contributed by atoms with Gasteiger partial charge in [-0.3, -0.25) is 9.69 Å². The Balaban J connectivity index is 0.00000280. The Kier molecular flexibility index (Phi) is 7.80. The van der Waals surface area contributed by atoms with Gasteiger partial charge in [-0.25, -0.2) is 4.98 Å². The number of nitrogens with zero attached hydrogens (tertiary/aromatic N) is 3. The first-order valence-corrected chi connectivity index (χ1v) is 9.76. The highest BCUT2D eigenvalue weighted by molar-refractivity contribution is 7.22. The predicted octanol–water partition coefficient (Wildman–Crippen LogP) is 4.31. The normalized spacial score (nSPS) is 10.8. The number of aryl methyl sites for hydroxylation is 2. The van der Waals surface area contributed by atoms with Gasteiger partial charge in [0.1, 0.15) is 5.75 Å². The van der Waals surface area contributed by atoms with Gasteiger partial charge in [0, 0.05) is 13.1 Å². The van der Waals surface area contributed by atoms with Crippen molar-refractivity contribution >= 4 is 45.0 Å². The number of thiazole rings is 1. The van der Waals surface area contributed by atoms with Crippen molar-refractivity contribution in [2.24, 2.45) is 0 Å². The molecule has 0 unspecified atom stereocenters. The molecule has 0 atom stereocenters. The molecular formula is C21H26ClN3O2S. The fraction of sp³-hybridized carbons (Fsp3) is 0.333. The van der Waals surface area contributed by atoms with Gasteiger partial charge in [0.15, 0.2) is 11.7 Å². The van der Waals surface area contributed by atoms with E-state index in [0.29, 0.717) is 12.3 Å². The van der Waals surface area contributed by atoms with Crippen LogP contribution >= 0.6 is 23.7 Å². The lowest BCUT2D eigenvalue weighted by Crippen LogP contribution is -2.39. The zero-order valence-corrected chi connectivity index (χ0v) is 18.3. The highest BCUT2D eigenvalue weighted by Crippen LogP contribution is 2.32. The molecule has 0 N–H and O–H groups in total. The minimum atomic E-state index is -0.0888. The van der Waals surface area contributed by atoms with Crippen LogP contribution in [0, 0.1) is 13.8 Å². The number of amides is 1. The van der Waals surface area contributed by atoms with E-state index < -0.39 is 0 Å². The number of halogens is 1. The summed E-state index contributed by atoms with van der Waals surface area (Å²) in [5.41, 5.74) is 3.31. The second kappa shape index (κ2) is 9.87. The Morgan fingerprint density at radius 3 is 2.50 bits per heavy atom. The van der Waals surface area contributed by atoms with Crippen LogP contribution in [0.1, 0.15) is 11.1 Å². The van der Waals surface area contributed by atoms with Crippen LogP contribution in [0.3, 0.4) is 0 Å². The van der Waals surface area contributed by atoms with Gasteiger partial charge in [0.25, 0.3) is 5.91 Å². The standard InChI is InChI=1S/C21H25N3O2S.ClH/c1-15-12-16(2)20-18(13-15)22-21(27-20)24(11-10-23(3)4)19(25)14-26-17-8-6-5-7-9-17;/h5-9,12-13H,10-11,14H2,1-4H3;1H. The molecule has 1 aromatic heterocycles. The molecule has 7 heteroatoms. The van der Waals surface area contributed by atoms with E-state index in [1.165, 1.54) is 11.1 Å². The molecule has 0 radical (unpaired) electrons. The van der Waals surface area contributed by atoms with Crippen LogP contribution in [0.4, 0.5) is 5.13 Å². The molecule has 3 rings (SSSR count). The van der Waals surface area contributed by atoms with Crippen LogP contribution in [0.2, 0.25) is 0 Å². The summed E-state index contributed by atoms with van der Waals surface area (Å²) in [5, 5.41) is 0.724. The van der Waals surface area contributed by atoms with Gasteiger partial charge < -0.3 is 9.64 Å². The molecule has 0 aliphatic heterocycles. The quantitative estimate of drug-likeness (QED) is 0.572. The number of rotatable bonds is 7. The fourth-order valence-corrected chi connectivity index (χ4v) is 3.91. The second-order valence-corrected chi connectivity index (χ2v) is 7.85. The molecule has 0 aliphatic carbocycles. The molecule has 150 valence electrons. The maximum Gasteiger partial charge on any atom is 0.266 e. The van der Waals surface area contributed by atoms with Crippen molar-refractivity contribution in [3.05, 3.63) is 53.6 Å². The molecule has 5 nitrogen and oxygen atoms in total. The summed E-state index contributed by atoms with van der Waals surface area (Å²) < 4.78 is 6.79. The van der Waals surface area contributed by atoms with Gasteiger partial charge in [-0.2, -0.15) is 0 Å². The molecule has 0 aliphatic rings. The molecule has 1 heterocycles. The monoisotopic (exact) mass is 419 g/mol. The van der Waals surface area contributed by atoms with E-state index in [4.69, 9.17) is 9.72 Å². The molecular weight excluding hydrogens is 394 g/mol. The van der Waals surface area contributed by atoms with Crippen molar-refractivity contribution in [2.45, 2.75) is 13.8 Å². The summed E-state index contributed by atoms with van der Waals surface area (Å²) in [6, 6.07) is 13.6. The number of carbonyl (C=O) groups excluding carboxylic acids is 1. The van der Waals surface area contributed by atoms with Gasteiger partial charge in [-0.15, -0.1) is 12.4 Å². The maximum atomic E-state index is 12.9. The van der Waals surface area contributed by atoms with Crippen molar-refractivity contribution in [1.82, 2.24) is 9.88 Å². The Labute approximate surface area is 176 Å². The summed E-state index contributed by atoms with van der Waals surface area (Å²) >= 11 is 1.56. The largest absolute Gasteiger partial charge is 0.484 e. The molecule has 1 amide bonds. The highest BCUT2D eigenvalue weighted by atomic mass is 35.5. The average Bonchev–Trinajstić information content (AvgIpc) is 3.04. The Bertz CT molecular complexity index is 928. The number of likely N-dealkylation sites (N-methyl/N-ethyl adjacent to an activating group) is 1. The SMILES string of the molecule is Cc1cc(C)c2sc(N(CCN(C)C)C(=O)COc3ccccc3)nc2c1.Cl. The third kappa shape index (κ3) is 5.44. The van der Waals surface area contributed by atoms with E-state index in [2.05, 4.69) is 30.9 Å². The number of hydrogen-bond donors (Lipinski definition) is 0. The lowest BCUT2D eigenvalue weighted by Gasteiger charge is -2.22. The van der Waals surface area contributed by atoms with E-state index in [9.17, 15) is 4.79 Å². The lowest BCUT2D eigenvalue weighted by atomic mass is 10.1. The number of para-hydroxylation sites is 1. The number of anilines is 1. The fourth-order valence-electron chi connectivity index (χ4n) is 2.85. The topological polar surface area (TPSA) is 45.7 Å². The van der Waals surface area contributed by atoms with Crippen LogP contribution in [-0.2, 0) is 4.79 Å². The van der Waals surface area contributed by atoms with Gasteiger partial charge in [0.2, 0.25) is 0 Å². The van der Waals surface area contributed by atoms with Gasteiger partial charge >= 0.3 is 0 Å². The number of benzene rings is 2. The van der Waals surface area contributed by atoms with Crippen LogP contribution in [0.5, 0.6) is 5.75 Å². The van der Waals surface area contributed by atoms with Crippen LogP contribution in [0.25, 0.3) is 10.2 Å². The lowest BCUT2D eigenvalue weighted by molar-refractivity contribution is -0.120. The Hall–Kier alpha value is -2.15. The second-order valence-electron chi connectivity index (χ2n) is 6.88. The molecule has 3 aromatic rings. The highest BCUT2D eigenvalue weighted by Gasteiger charge is 2.21. The van der Waals surface area contributed by atoms with Crippen LogP contribution in [0.15, 0.2) is 42.5 Å². The minimum absolute atomic E-state index is 0. The van der Waals surface area contributed by atoms with E-state index in [0.717, 1.165) is 21.9 Å². The van der Waals surface area contributed by atoms with E-state index in [1.54, 1.807) is 16.2 Å². The predicted molar refractivity (Wildman–Crippen MR) is 119 cm³/mol. The van der Waals surface area contributed by atoms with Gasteiger partial charge in [0.05, 0.1) is 10.2 Å². The number of carbonyl (C=O) groups is 1. The molecule has 2 aromatic carbocycles. The molecule has 0 fully saturated rings. The molecule has 0 saturated heterocycles. The van der Waals surface area contributed by atoms with Crippen LogP contribution in [-0.4, -0.2) is 49.6 Å². The van der Waals surface area contributed by atoms with Crippen molar-refractivity contribution in [3.63, 3.8) is 0 Å². The van der Waals surface area contributed by atoms with Crippen molar-refractivity contribution in [3.8, 4) is 5.75 Å². The summed E-state index contributed by atoms with van der Waals surface area (Å²) in [6.45, 7) is 5.47. The number of aromatic nitrogens is 1. The first kappa shape index (κ1) is 22.1. The van der Waals surface area contributed by atoms with Gasteiger partial charge in [-0.05, 0) is 57.3 Å². The minimum Gasteiger partial charge on any atom is -0.484 e. The number of fused-ring (bicyclic) bond motifs is 1. The summed E-state index contributed by atoms with van der Waals surface area (Å²) in [4.78, 5) is 21.4. The van der Waals surface area contributed by atoms with Crippen LogP contribution < -0.4 is 9.64 Å². The molecule has 0 saturated carbocycles. The zero-order chi connectivity index (χ0) is 19.4. The zero-order valence-electron chi connectivity index (χ0n) is 16.6. The first-order chi connectivity index (χ1) is 12.9. The summed E-state index contributed by atoms with van der Waals surface area (Å²) in [6.07, 6.45) is 0. The van der Waals surface area contributed by atoms with E-state index in [-0.39, 0.29) is 24.9 Å². The number of ether oxygens (including phenoxy) is 1. The Morgan fingerprint density at radius 2 is 1.82 bits per heavy atom. The third-order valence-corrected chi connectivity index (χ3v) is 5.45. The van der Waals surface area contributed by atoms with Crippen molar-refractivity contribution < 1.29 is 9.53 Å². The Morgan fingerprint density at radius 1 is 1.11 bits per heavy atom. The summed E-state index contributed by atoms with van der Waals surface area (Å²) in [5.74, 6) is 0.600. The molecule has 28 heavy (non-hydrogen) atoms. The van der Waals surface area contributed by atoms with E-state index in [1.807, 2.05) is 44.4 Å². The summed E-state index contributed by atoms with van der Waals surface area (Å²) in [7, 11) is 3.99. The molecule has 0 bridgehead atoms. The molecule has 0 spiro atoms. The average molecular weight is 420 g/mol.